The van der Waals surface area contributed by atoms with Gasteiger partial charge in [-0.2, -0.15) is 0 Å². The highest BCUT2D eigenvalue weighted by Crippen LogP contribution is 2.31. The van der Waals surface area contributed by atoms with E-state index in [-0.39, 0.29) is 12.1 Å². The van der Waals surface area contributed by atoms with Gasteiger partial charge in [0.05, 0.1) is 19.1 Å². The number of benzene rings is 1. The van der Waals surface area contributed by atoms with Crippen LogP contribution in [-0.2, 0) is 16.1 Å². The van der Waals surface area contributed by atoms with Crippen LogP contribution >= 0.6 is 11.3 Å². The van der Waals surface area contributed by atoms with Crippen molar-refractivity contribution in [2.24, 2.45) is 5.92 Å². The van der Waals surface area contributed by atoms with E-state index in [1.807, 2.05) is 29.6 Å². The minimum absolute atomic E-state index is 0.135. The molecule has 0 aliphatic carbocycles. The highest BCUT2D eigenvalue weighted by atomic mass is 32.1. The number of ether oxygens (including phenoxy) is 2. The van der Waals surface area contributed by atoms with Crippen LogP contribution in [0, 0.1) is 12.8 Å². The summed E-state index contributed by atoms with van der Waals surface area (Å²) in [6, 6.07) is 7.52. The van der Waals surface area contributed by atoms with Gasteiger partial charge < -0.3 is 9.47 Å². The molecular weight excluding hydrogens is 376 g/mol. The van der Waals surface area contributed by atoms with Gasteiger partial charge in [-0.1, -0.05) is 26.0 Å². The summed E-state index contributed by atoms with van der Waals surface area (Å²) in [4.78, 5) is 30.5. The van der Waals surface area contributed by atoms with Crippen molar-refractivity contribution in [2.75, 3.05) is 13.7 Å². The maximum absolute atomic E-state index is 13.1. The van der Waals surface area contributed by atoms with Crippen LogP contribution in [-0.4, -0.2) is 29.2 Å². The molecule has 7 heteroatoms. The number of rotatable bonds is 7. The van der Waals surface area contributed by atoms with Crippen LogP contribution in [0.4, 0.5) is 0 Å². The lowest BCUT2D eigenvalue weighted by molar-refractivity contribution is -0.144. The van der Waals surface area contributed by atoms with Crippen LogP contribution in [0.1, 0.15) is 26.1 Å². The summed E-state index contributed by atoms with van der Waals surface area (Å²) in [7, 11) is 1.61. The van der Waals surface area contributed by atoms with Gasteiger partial charge in [0.2, 0.25) is 0 Å². The number of hydrogen-bond donors (Lipinski definition) is 0. The van der Waals surface area contributed by atoms with E-state index in [2.05, 4.69) is 18.8 Å². The number of esters is 1. The van der Waals surface area contributed by atoms with E-state index in [1.54, 1.807) is 14.0 Å². The summed E-state index contributed by atoms with van der Waals surface area (Å²) in [6.07, 6.45) is 0.795. The molecule has 0 spiro atoms. The average molecular weight is 401 g/mol. The van der Waals surface area contributed by atoms with Crippen molar-refractivity contribution in [1.82, 2.24) is 9.55 Å². The SMILES string of the molecule is COc1ccc(-c2csc3nc(C)n(CC(=O)OCCC(C)C)c(=O)c23)cc1. The van der Waals surface area contributed by atoms with Crippen molar-refractivity contribution in [2.45, 2.75) is 33.7 Å². The highest BCUT2D eigenvalue weighted by Gasteiger charge is 2.17. The summed E-state index contributed by atoms with van der Waals surface area (Å²) >= 11 is 1.42. The van der Waals surface area contributed by atoms with Gasteiger partial charge in [-0.05, 0) is 37.0 Å². The molecular formula is C21H24N2O4S. The fraction of sp³-hybridized carbons (Fsp3) is 0.381. The van der Waals surface area contributed by atoms with E-state index in [4.69, 9.17) is 9.47 Å². The van der Waals surface area contributed by atoms with Gasteiger partial charge in [-0.25, -0.2) is 4.98 Å². The standard InChI is InChI=1S/C21H24N2O4S/c1-13(2)9-10-27-18(24)11-23-14(3)22-20-19(21(23)25)17(12-28-20)15-5-7-16(26-4)8-6-15/h5-8,12-13H,9-11H2,1-4H3. The number of carbonyl (C=O) groups excluding carboxylic acids is 1. The number of aryl methyl sites for hydroxylation is 1. The van der Waals surface area contributed by atoms with Crippen LogP contribution in [0.15, 0.2) is 34.4 Å². The monoisotopic (exact) mass is 400 g/mol. The first-order valence-electron chi connectivity index (χ1n) is 9.19. The third kappa shape index (κ3) is 4.25. The molecule has 0 amide bonds. The molecule has 0 atom stereocenters. The second-order valence-corrected chi connectivity index (χ2v) is 7.87. The van der Waals surface area contributed by atoms with E-state index >= 15 is 0 Å². The lowest BCUT2D eigenvalue weighted by atomic mass is 10.1. The first-order chi connectivity index (χ1) is 13.4. The lowest BCUT2D eigenvalue weighted by Crippen LogP contribution is -2.28. The Morgan fingerprint density at radius 2 is 1.96 bits per heavy atom. The first-order valence-corrected chi connectivity index (χ1v) is 10.1. The molecule has 148 valence electrons. The molecule has 0 unspecified atom stereocenters. The molecule has 1 aromatic carbocycles. The average Bonchev–Trinajstić information content (AvgIpc) is 3.08. The Labute approximate surface area is 167 Å². The lowest BCUT2D eigenvalue weighted by Gasteiger charge is -2.11. The number of thiophene rings is 1. The number of methoxy groups -OCH3 is 1. The van der Waals surface area contributed by atoms with Crippen LogP contribution in [0.5, 0.6) is 5.75 Å². The summed E-state index contributed by atoms with van der Waals surface area (Å²) in [6.45, 7) is 6.09. The van der Waals surface area contributed by atoms with Crippen LogP contribution < -0.4 is 10.3 Å². The Hall–Kier alpha value is -2.67. The Bertz CT molecular complexity index is 1030. The quantitative estimate of drug-likeness (QED) is 0.560. The number of fused-ring (bicyclic) bond motifs is 1. The minimum Gasteiger partial charge on any atom is -0.497 e. The third-order valence-corrected chi connectivity index (χ3v) is 5.40. The fourth-order valence-electron chi connectivity index (χ4n) is 2.88. The van der Waals surface area contributed by atoms with Gasteiger partial charge in [0.1, 0.15) is 22.9 Å². The molecule has 0 saturated heterocycles. The zero-order valence-corrected chi connectivity index (χ0v) is 17.3. The molecule has 0 bridgehead atoms. The van der Waals surface area contributed by atoms with E-state index in [0.717, 1.165) is 23.3 Å². The summed E-state index contributed by atoms with van der Waals surface area (Å²) in [5, 5.41) is 2.45. The number of carbonyl (C=O) groups is 1. The van der Waals surface area contributed by atoms with E-state index < -0.39 is 5.97 Å². The number of hydrogen-bond acceptors (Lipinski definition) is 6. The normalized spacial score (nSPS) is 11.2. The van der Waals surface area contributed by atoms with E-state index in [0.29, 0.717) is 28.6 Å². The van der Waals surface area contributed by atoms with Gasteiger partial charge >= 0.3 is 5.97 Å². The number of nitrogens with zero attached hydrogens (tertiary/aromatic N) is 2. The van der Waals surface area contributed by atoms with E-state index in [1.165, 1.54) is 15.9 Å². The molecule has 3 aromatic rings. The molecule has 3 rings (SSSR count). The predicted octanol–water partition coefficient (Wildman–Crippen LogP) is 4.03. The van der Waals surface area contributed by atoms with Gasteiger partial charge in [-0.15, -0.1) is 11.3 Å². The Balaban J connectivity index is 1.94. The largest absolute Gasteiger partial charge is 0.497 e. The fourth-order valence-corrected chi connectivity index (χ4v) is 3.86. The molecule has 2 heterocycles. The molecule has 2 aromatic heterocycles. The predicted molar refractivity (Wildman–Crippen MR) is 111 cm³/mol. The summed E-state index contributed by atoms with van der Waals surface area (Å²) in [5.41, 5.74) is 1.48. The maximum Gasteiger partial charge on any atom is 0.326 e. The Kier molecular flexibility index (Phi) is 6.14. The second kappa shape index (κ2) is 8.56. The molecule has 0 N–H and O–H groups in total. The third-order valence-electron chi connectivity index (χ3n) is 4.53. The molecule has 0 aliphatic rings. The Morgan fingerprint density at radius 3 is 2.61 bits per heavy atom. The van der Waals surface area contributed by atoms with Gasteiger partial charge in [0.15, 0.2) is 0 Å². The zero-order chi connectivity index (χ0) is 20.3. The molecule has 28 heavy (non-hydrogen) atoms. The Morgan fingerprint density at radius 1 is 1.25 bits per heavy atom. The molecule has 0 saturated carbocycles. The smallest absolute Gasteiger partial charge is 0.326 e. The zero-order valence-electron chi connectivity index (χ0n) is 16.5. The molecule has 0 radical (unpaired) electrons. The molecule has 0 aliphatic heterocycles. The van der Waals surface area contributed by atoms with Gasteiger partial charge in [0.25, 0.3) is 5.56 Å². The minimum atomic E-state index is -0.423. The maximum atomic E-state index is 13.1. The first kappa shape index (κ1) is 20.1. The topological polar surface area (TPSA) is 70.4 Å². The van der Waals surface area contributed by atoms with Gasteiger partial charge in [-0.3, -0.25) is 14.2 Å². The highest BCUT2D eigenvalue weighted by molar-refractivity contribution is 7.17. The van der Waals surface area contributed by atoms with Crippen LogP contribution in [0.3, 0.4) is 0 Å². The van der Waals surface area contributed by atoms with Crippen molar-refractivity contribution in [3.05, 3.63) is 45.8 Å². The van der Waals surface area contributed by atoms with Crippen molar-refractivity contribution in [1.29, 1.82) is 0 Å². The van der Waals surface area contributed by atoms with Crippen LogP contribution in [0.2, 0.25) is 0 Å². The number of aromatic nitrogens is 2. The summed E-state index contributed by atoms with van der Waals surface area (Å²) < 4.78 is 11.8. The van der Waals surface area contributed by atoms with Crippen molar-refractivity contribution >= 4 is 27.5 Å². The van der Waals surface area contributed by atoms with Crippen LogP contribution in [0.25, 0.3) is 21.3 Å². The van der Waals surface area contributed by atoms with Crippen molar-refractivity contribution < 1.29 is 14.3 Å². The van der Waals surface area contributed by atoms with Gasteiger partial charge in [0, 0.05) is 10.9 Å². The van der Waals surface area contributed by atoms with Crippen molar-refractivity contribution in [3.63, 3.8) is 0 Å². The second-order valence-electron chi connectivity index (χ2n) is 7.01. The van der Waals surface area contributed by atoms with Crippen molar-refractivity contribution in [3.8, 4) is 16.9 Å². The van der Waals surface area contributed by atoms with E-state index in [9.17, 15) is 9.59 Å². The molecule has 0 fully saturated rings. The molecule has 6 nitrogen and oxygen atoms in total. The summed E-state index contributed by atoms with van der Waals surface area (Å²) in [5.74, 6) is 1.28.